The van der Waals surface area contributed by atoms with Gasteiger partial charge < -0.3 is 9.80 Å². The number of hydrogen-bond acceptors (Lipinski definition) is 4. The second kappa shape index (κ2) is 7.33. The third-order valence-electron chi connectivity index (χ3n) is 3.78. The second-order valence-electron chi connectivity index (χ2n) is 5.54. The molecule has 1 aromatic carbocycles. The molecule has 6 heteroatoms. The summed E-state index contributed by atoms with van der Waals surface area (Å²) in [6, 6.07) is 9.52. The van der Waals surface area contributed by atoms with Gasteiger partial charge in [0, 0.05) is 37.0 Å². The number of halogens is 1. The van der Waals surface area contributed by atoms with E-state index in [0.717, 1.165) is 11.1 Å². The van der Waals surface area contributed by atoms with Crippen molar-refractivity contribution in [1.29, 1.82) is 0 Å². The molecule has 1 amide bonds. The predicted molar refractivity (Wildman–Crippen MR) is 93.7 cm³/mol. The van der Waals surface area contributed by atoms with Crippen LogP contribution in [0.15, 0.2) is 42.7 Å². The summed E-state index contributed by atoms with van der Waals surface area (Å²) in [6.45, 7) is 3.53. The Bertz CT molecular complexity index is 767. The Morgan fingerprint density at radius 3 is 2.58 bits per heavy atom. The zero-order valence-corrected chi connectivity index (χ0v) is 14.1. The smallest absolute Gasteiger partial charge is 0.299 e. The number of amides is 1. The van der Waals surface area contributed by atoms with Crippen LogP contribution >= 0.6 is 11.6 Å². The third-order valence-corrected chi connectivity index (χ3v) is 4.16. The van der Waals surface area contributed by atoms with Gasteiger partial charge in [-0.1, -0.05) is 35.2 Å². The number of carbonyl (C=O) groups is 1. The van der Waals surface area contributed by atoms with Crippen molar-refractivity contribution < 1.29 is 4.79 Å². The van der Waals surface area contributed by atoms with Crippen LogP contribution in [0.25, 0.3) is 0 Å². The highest BCUT2D eigenvalue weighted by atomic mass is 35.5. The van der Waals surface area contributed by atoms with E-state index in [0.29, 0.717) is 25.6 Å². The number of aryl methyl sites for hydroxylation is 1. The molecule has 0 saturated carbocycles. The summed E-state index contributed by atoms with van der Waals surface area (Å²) in [5.74, 6) is 5.96. The number of alkyl halides is 1. The fraction of sp³-hybridized carbons (Fsp3) is 0.278. The molecule has 0 N–H and O–H groups in total. The van der Waals surface area contributed by atoms with Crippen molar-refractivity contribution in [1.82, 2.24) is 14.9 Å². The van der Waals surface area contributed by atoms with Gasteiger partial charge in [-0.2, -0.15) is 0 Å². The first-order valence-corrected chi connectivity index (χ1v) is 8.12. The zero-order valence-electron chi connectivity index (χ0n) is 13.3. The zero-order chi connectivity index (χ0) is 16.9. The summed E-state index contributed by atoms with van der Waals surface area (Å²) in [6.07, 6.45) is 3.35. The van der Waals surface area contributed by atoms with Crippen molar-refractivity contribution in [3.63, 3.8) is 0 Å². The maximum atomic E-state index is 12.3. The number of nitrogens with zero attached hydrogens (tertiary/aromatic N) is 4. The minimum atomic E-state index is -0.369. The van der Waals surface area contributed by atoms with Crippen LogP contribution in [0.4, 0.5) is 5.95 Å². The number of rotatable bonds is 1. The lowest BCUT2D eigenvalue weighted by molar-refractivity contribution is -0.125. The number of piperazine rings is 1. The molecule has 5 nitrogen and oxygen atoms in total. The largest absolute Gasteiger partial charge is 0.327 e. The molecule has 122 valence electrons. The van der Waals surface area contributed by atoms with Gasteiger partial charge in [0.25, 0.3) is 5.91 Å². The van der Waals surface area contributed by atoms with E-state index in [1.54, 1.807) is 23.4 Å². The Morgan fingerprint density at radius 2 is 1.92 bits per heavy atom. The predicted octanol–water partition coefficient (Wildman–Crippen LogP) is 2.05. The van der Waals surface area contributed by atoms with E-state index < -0.39 is 0 Å². The summed E-state index contributed by atoms with van der Waals surface area (Å²) in [5.41, 5.74) is 1.62. The van der Waals surface area contributed by atoms with Crippen molar-refractivity contribution in [2.24, 2.45) is 0 Å². The van der Waals surface area contributed by atoms with Gasteiger partial charge in [-0.15, -0.1) is 0 Å². The number of hydrogen-bond donors (Lipinski definition) is 0. The van der Waals surface area contributed by atoms with Gasteiger partial charge in [0.2, 0.25) is 5.95 Å². The van der Waals surface area contributed by atoms with Gasteiger partial charge >= 0.3 is 0 Å². The molecule has 1 unspecified atom stereocenters. The molecule has 0 bridgehead atoms. The molecule has 0 spiro atoms. The first kappa shape index (κ1) is 16.3. The second-order valence-corrected chi connectivity index (χ2v) is 6.05. The maximum Gasteiger partial charge on any atom is 0.299 e. The summed E-state index contributed by atoms with van der Waals surface area (Å²) in [4.78, 5) is 24.2. The van der Waals surface area contributed by atoms with Crippen LogP contribution in [0.2, 0.25) is 0 Å². The maximum absolute atomic E-state index is 12.3. The van der Waals surface area contributed by atoms with Crippen LogP contribution in [-0.4, -0.2) is 45.9 Å². The van der Waals surface area contributed by atoms with Gasteiger partial charge in [-0.3, -0.25) is 4.79 Å². The molecule has 0 aliphatic carbocycles. The third kappa shape index (κ3) is 3.84. The average molecular weight is 341 g/mol. The van der Waals surface area contributed by atoms with E-state index in [9.17, 15) is 4.79 Å². The van der Waals surface area contributed by atoms with E-state index in [-0.39, 0.29) is 11.4 Å². The molecular formula is C18H17ClN4O. The molecule has 1 aliphatic heterocycles. The molecule has 1 atom stereocenters. The van der Waals surface area contributed by atoms with Crippen molar-refractivity contribution >= 4 is 23.5 Å². The quantitative estimate of drug-likeness (QED) is 0.453. The summed E-state index contributed by atoms with van der Waals surface area (Å²) >= 11 is 6.39. The SMILES string of the molecule is Cc1ccc(C#CC(=O)N2CCN(c3ncccn3)C(Cl)C2)cc1. The van der Waals surface area contributed by atoms with E-state index in [1.807, 2.05) is 36.1 Å². The minimum Gasteiger partial charge on any atom is -0.327 e. The van der Waals surface area contributed by atoms with Crippen LogP contribution in [0, 0.1) is 18.8 Å². The molecule has 0 radical (unpaired) electrons. The van der Waals surface area contributed by atoms with Crippen LogP contribution in [0.1, 0.15) is 11.1 Å². The van der Waals surface area contributed by atoms with Gasteiger partial charge in [0.1, 0.15) is 5.50 Å². The monoisotopic (exact) mass is 340 g/mol. The van der Waals surface area contributed by atoms with Gasteiger partial charge in [0.05, 0.1) is 6.54 Å². The molecule has 24 heavy (non-hydrogen) atoms. The topological polar surface area (TPSA) is 49.3 Å². The lowest BCUT2D eigenvalue weighted by atomic mass is 10.1. The summed E-state index contributed by atoms with van der Waals surface area (Å²) in [5, 5.41) is 0. The number of aromatic nitrogens is 2. The van der Waals surface area contributed by atoms with Crippen molar-refractivity contribution in [3.8, 4) is 11.8 Å². The van der Waals surface area contributed by atoms with Gasteiger partial charge in [0.15, 0.2) is 0 Å². The lowest BCUT2D eigenvalue weighted by Crippen LogP contribution is -2.53. The van der Waals surface area contributed by atoms with Gasteiger partial charge in [-0.25, -0.2) is 9.97 Å². The Labute approximate surface area is 146 Å². The van der Waals surface area contributed by atoms with Crippen molar-refractivity contribution in [2.45, 2.75) is 12.4 Å². The van der Waals surface area contributed by atoms with Crippen LogP contribution < -0.4 is 4.90 Å². The Kier molecular flexibility index (Phi) is 4.97. The fourth-order valence-corrected chi connectivity index (χ4v) is 2.78. The van der Waals surface area contributed by atoms with Crippen LogP contribution in [-0.2, 0) is 4.79 Å². The van der Waals surface area contributed by atoms with Crippen LogP contribution in [0.3, 0.4) is 0 Å². The summed E-state index contributed by atoms with van der Waals surface area (Å²) < 4.78 is 0. The standard InChI is InChI=1S/C18H17ClN4O/c1-14-3-5-15(6-4-14)7-8-17(24)22-11-12-23(16(19)13-22)18-20-9-2-10-21-18/h2-6,9-10,16H,11-13H2,1H3. The molecule has 1 fully saturated rings. The Morgan fingerprint density at radius 1 is 1.21 bits per heavy atom. The first-order chi connectivity index (χ1) is 11.6. The molecule has 2 heterocycles. The molecule has 1 saturated heterocycles. The molecular weight excluding hydrogens is 324 g/mol. The molecule has 3 rings (SSSR count). The van der Waals surface area contributed by atoms with Crippen molar-refractivity contribution in [3.05, 3.63) is 53.9 Å². The van der Waals surface area contributed by atoms with E-state index >= 15 is 0 Å². The Hall–Kier alpha value is -2.58. The Balaban J connectivity index is 1.63. The van der Waals surface area contributed by atoms with E-state index in [1.165, 1.54) is 0 Å². The summed E-state index contributed by atoms with van der Waals surface area (Å²) in [7, 11) is 0. The van der Waals surface area contributed by atoms with Crippen molar-refractivity contribution in [2.75, 3.05) is 24.5 Å². The lowest BCUT2D eigenvalue weighted by Gasteiger charge is -2.37. The van der Waals surface area contributed by atoms with Gasteiger partial charge in [-0.05, 0) is 25.1 Å². The minimum absolute atomic E-state index is 0.213. The highest BCUT2D eigenvalue weighted by Gasteiger charge is 2.28. The average Bonchev–Trinajstić information content (AvgIpc) is 2.61. The first-order valence-electron chi connectivity index (χ1n) is 7.69. The van der Waals surface area contributed by atoms with E-state index in [2.05, 4.69) is 21.8 Å². The number of carbonyl (C=O) groups excluding carboxylic acids is 1. The number of benzene rings is 1. The van der Waals surface area contributed by atoms with E-state index in [4.69, 9.17) is 11.6 Å². The van der Waals surface area contributed by atoms with Crippen LogP contribution in [0.5, 0.6) is 0 Å². The molecule has 1 aliphatic rings. The highest BCUT2D eigenvalue weighted by molar-refractivity contribution is 6.22. The fourth-order valence-electron chi connectivity index (χ4n) is 2.43. The normalized spacial score (nSPS) is 17.2. The highest BCUT2D eigenvalue weighted by Crippen LogP contribution is 2.18. The molecule has 1 aromatic heterocycles. The molecule has 2 aromatic rings. The number of anilines is 1.